The average Bonchev–Trinajstić information content (AvgIpc) is 3.00. The number of hydrogen-bond donors (Lipinski definition) is 1. The predicted octanol–water partition coefficient (Wildman–Crippen LogP) is 6.61. The molecule has 0 unspecified atom stereocenters. The highest BCUT2D eigenvalue weighted by atomic mass is 16.5. The number of nitrogens with zero attached hydrogens (tertiary/aromatic N) is 1. The molecule has 1 aliphatic heterocycles. The van der Waals surface area contributed by atoms with E-state index in [0.717, 1.165) is 17.1 Å². The molecule has 4 nitrogen and oxygen atoms in total. The zero-order valence-corrected chi connectivity index (χ0v) is 17.7. The van der Waals surface area contributed by atoms with Crippen LogP contribution < -0.4 is 4.74 Å². The maximum absolute atomic E-state index is 8.62. The summed E-state index contributed by atoms with van der Waals surface area (Å²) in [7, 11) is 0. The van der Waals surface area contributed by atoms with Crippen molar-refractivity contribution in [1.29, 1.82) is 5.41 Å². The molecule has 5 rings (SSSR count). The second kappa shape index (κ2) is 8.98. The Labute approximate surface area is 188 Å². The molecule has 1 heterocycles. The molecule has 4 aromatic carbocycles. The van der Waals surface area contributed by atoms with Crippen molar-refractivity contribution in [2.24, 2.45) is 0 Å². The average molecular weight is 421 g/mol. The fraction of sp³-hybridized carbons (Fsp3) is 0.107. The van der Waals surface area contributed by atoms with Gasteiger partial charge in [-0.05, 0) is 52.1 Å². The lowest BCUT2D eigenvalue weighted by Crippen LogP contribution is -2.30. The third-order valence-corrected chi connectivity index (χ3v) is 5.59. The van der Waals surface area contributed by atoms with E-state index in [1.54, 1.807) is 0 Å². The lowest BCUT2D eigenvalue weighted by atomic mass is 9.97. The maximum Gasteiger partial charge on any atom is 0.285 e. The molecule has 32 heavy (non-hydrogen) atoms. The summed E-state index contributed by atoms with van der Waals surface area (Å²) in [6.07, 6.45) is 0. The van der Waals surface area contributed by atoms with Gasteiger partial charge in [-0.1, -0.05) is 78.9 Å². The van der Waals surface area contributed by atoms with Crippen LogP contribution in [0.15, 0.2) is 103 Å². The fourth-order valence-corrected chi connectivity index (χ4v) is 4.02. The van der Waals surface area contributed by atoms with Crippen LogP contribution in [0.2, 0.25) is 0 Å². The molecule has 0 bridgehead atoms. The summed E-state index contributed by atoms with van der Waals surface area (Å²) in [6.45, 7) is 1.59. The first-order valence-corrected chi connectivity index (χ1v) is 10.7. The second-order valence-corrected chi connectivity index (χ2v) is 7.83. The van der Waals surface area contributed by atoms with Crippen molar-refractivity contribution in [3.8, 4) is 22.6 Å². The molecular formula is C28H24N2O2. The van der Waals surface area contributed by atoms with Crippen LogP contribution in [0.25, 0.3) is 11.1 Å². The van der Waals surface area contributed by atoms with Crippen molar-refractivity contribution in [1.82, 2.24) is 4.90 Å². The van der Waals surface area contributed by atoms with Gasteiger partial charge in [-0.3, -0.25) is 5.41 Å². The maximum atomic E-state index is 8.62. The molecule has 0 radical (unpaired) electrons. The highest BCUT2D eigenvalue weighted by Crippen LogP contribution is 2.32. The molecule has 1 N–H and O–H groups in total. The van der Waals surface area contributed by atoms with E-state index in [0.29, 0.717) is 19.7 Å². The third kappa shape index (κ3) is 4.35. The van der Waals surface area contributed by atoms with Gasteiger partial charge in [0.1, 0.15) is 18.1 Å². The van der Waals surface area contributed by atoms with Gasteiger partial charge in [-0.15, -0.1) is 0 Å². The highest BCUT2D eigenvalue weighted by Gasteiger charge is 2.21. The minimum Gasteiger partial charge on any atom is -0.460 e. The zero-order chi connectivity index (χ0) is 21.8. The predicted molar refractivity (Wildman–Crippen MR) is 127 cm³/mol. The molecule has 0 fully saturated rings. The first-order chi connectivity index (χ1) is 15.8. The summed E-state index contributed by atoms with van der Waals surface area (Å²) in [4.78, 5) is 1.98. The van der Waals surface area contributed by atoms with Crippen LogP contribution in [0.5, 0.6) is 11.5 Å². The smallest absolute Gasteiger partial charge is 0.285 e. The fourth-order valence-electron chi connectivity index (χ4n) is 4.02. The topological polar surface area (TPSA) is 45.6 Å². The first kappa shape index (κ1) is 19.9. The normalized spacial score (nSPS) is 12.3. The second-order valence-electron chi connectivity index (χ2n) is 7.83. The zero-order valence-electron chi connectivity index (χ0n) is 17.7. The van der Waals surface area contributed by atoms with Crippen molar-refractivity contribution >= 4 is 6.02 Å². The molecule has 158 valence electrons. The number of benzene rings is 4. The van der Waals surface area contributed by atoms with Crippen LogP contribution in [0.1, 0.15) is 16.7 Å². The van der Waals surface area contributed by atoms with Gasteiger partial charge in [0, 0.05) is 13.1 Å². The van der Waals surface area contributed by atoms with Crippen LogP contribution >= 0.6 is 0 Å². The largest absolute Gasteiger partial charge is 0.460 e. The molecule has 0 aromatic heterocycles. The van der Waals surface area contributed by atoms with Crippen LogP contribution in [0, 0.1) is 5.41 Å². The van der Waals surface area contributed by atoms with E-state index in [-0.39, 0.29) is 6.02 Å². The van der Waals surface area contributed by atoms with E-state index in [2.05, 4.69) is 36.4 Å². The molecule has 0 saturated heterocycles. The van der Waals surface area contributed by atoms with Gasteiger partial charge in [0.15, 0.2) is 0 Å². The lowest BCUT2D eigenvalue weighted by Gasteiger charge is -2.23. The SMILES string of the molecule is N=C(OCc1cccc(Oc2ccccc2)c1)N1Cc2ccccc2-c2ccccc2C1. The van der Waals surface area contributed by atoms with Crippen molar-refractivity contribution in [3.05, 3.63) is 120 Å². The Balaban J connectivity index is 1.29. The Hall–Kier alpha value is -4.05. The minimum absolute atomic E-state index is 0.172. The number of rotatable bonds is 4. The third-order valence-electron chi connectivity index (χ3n) is 5.59. The molecule has 1 aliphatic rings. The standard InChI is InChI=1S/C28H24N2O2/c29-28(31-20-21-9-8-14-25(17-21)32-24-12-2-1-3-13-24)30-18-22-10-4-6-15-26(22)27-16-7-5-11-23(27)19-30/h1-17,29H,18-20H2. The Morgan fingerprint density at radius 3 is 1.97 bits per heavy atom. The lowest BCUT2D eigenvalue weighted by molar-refractivity contribution is 0.210. The molecule has 0 aliphatic carbocycles. The Morgan fingerprint density at radius 2 is 1.28 bits per heavy atom. The summed E-state index contributed by atoms with van der Waals surface area (Å²) >= 11 is 0. The van der Waals surface area contributed by atoms with Crippen LogP contribution in [-0.4, -0.2) is 10.9 Å². The van der Waals surface area contributed by atoms with Gasteiger partial charge in [0.05, 0.1) is 0 Å². The van der Waals surface area contributed by atoms with Gasteiger partial charge >= 0.3 is 0 Å². The summed E-state index contributed by atoms with van der Waals surface area (Å²) in [5.74, 6) is 1.54. The summed E-state index contributed by atoms with van der Waals surface area (Å²) in [5, 5.41) is 8.62. The number of nitrogens with one attached hydrogen (secondary N) is 1. The molecule has 0 saturated carbocycles. The van der Waals surface area contributed by atoms with Crippen molar-refractivity contribution in [2.75, 3.05) is 0 Å². The summed E-state index contributed by atoms with van der Waals surface area (Å²) < 4.78 is 11.8. The number of amidine groups is 1. The number of ether oxygens (including phenoxy) is 2. The summed E-state index contributed by atoms with van der Waals surface area (Å²) in [5.41, 5.74) is 5.81. The van der Waals surface area contributed by atoms with Gasteiger partial charge in [-0.2, -0.15) is 0 Å². The molecule has 0 spiro atoms. The highest BCUT2D eigenvalue weighted by molar-refractivity contribution is 5.76. The molecule has 4 aromatic rings. The number of fused-ring (bicyclic) bond motifs is 3. The Bertz CT molecular complexity index is 1190. The first-order valence-electron chi connectivity index (χ1n) is 10.7. The van der Waals surface area contributed by atoms with E-state index < -0.39 is 0 Å². The van der Waals surface area contributed by atoms with Gasteiger partial charge < -0.3 is 14.4 Å². The Kier molecular flexibility index (Phi) is 5.58. The molecular weight excluding hydrogens is 396 g/mol. The van der Waals surface area contributed by atoms with E-state index in [1.807, 2.05) is 71.6 Å². The van der Waals surface area contributed by atoms with E-state index in [1.165, 1.54) is 22.3 Å². The van der Waals surface area contributed by atoms with Gasteiger partial charge in [-0.25, -0.2) is 0 Å². The van der Waals surface area contributed by atoms with Crippen LogP contribution in [-0.2, 0) is 24.4 Å². The van der Waals surface area contributed by atoms with Crippen molar-refractivity contribution in [3.63, 3.8) is 0 Å². The monoisotopic (exact) mass is 420 g/mol. The molecule has 4 heteroatoms. The van der Waals surface area contributed by atoms with Crippen molar-refractivity contribution < 1.29 is 9.47 Å². The summed E-state index contributed by atoms with van der Waals surface area (Å²) in [6, 6.07) is 34.5. The van der Waals surface area contributed by atoms with Crippen molar-refractivity contribution in [2.45, 2.75) is 19.7 Å². The van der Waals surface area contributed by atoms with E-state index in [4.69, 9.17) is 14.9 Å². The van der Waals surface area contributed by atoms with E-state index in [9.17, 15) is 0 Å². The van der Waals surface area contributed by atoms with E-state index >= 15 is 0 Å². The van der Waals surface area contributed by atoms with Gasteiger partial charge in [0.2, 0.25) is 0 Å². The molecule has 0 atom stereocenters. The quantitative estimate of drug-likeness (QED) is 0.298. The van der Waals surface area contributed by atoms with Crippen LogP contribution in [0.3, 0.4) is 0 Å². The number of hydrogen-bond acceptors (Lipinski definition) is 3. The number of para-hydroxylation sites is 1. The van der Waals surface area contributed by atoms with Gasteiger partial charge in [0.25, 0.3) is 6.02 Å². The minimum atomic E-state index is 0.172. The van der Waals surface area contributed by atoms with Crippen LogP contribution in [0.4, 0.5) is 0 Å². The Morgan fingerprint density at radius 1 is 0.688 bits per heavy atom. The molecule has 0 amide bonds.